The van der Waals surface area contributed by atoms with Crippen LogP contribution in [0.25, 0.3) is 0 Å². The van der Waals surface area contributed by atoms with E-state index in [9.17, 15) is 4.79 Å². The van der Waals surface area contributed by atoms with E-state index < -0.39 is 0 Å². The third kappa shape index (κ3) is 3.18. The summed E-state index contributed by atoms with van der Waals surface area (Å²) in [5, 5.41) is 3.30. The van der Waals surface area contributed by atoms with Gasteiger partial charge in [-0.2, -0.15) is 0 Å². The summed E-state index contributed by atoms with van der Waals surface area (Å²) in [7, 11) is 0. The average Bonchev–Trinajstić information content (AvgIpc) is 2.34. The van der Waals surface area contributed by atoms with Gasteiger partial charge in [0, 0.05) is 8.47 Å². The lowest BCUT2D eigenvalue weighted by molar-refractivity contribution is 0.102. The highest BCUT2D eigenvalue weighted by Crippen LogP contribution is 2.25. The van der Waals surface area contributed by atoms with E-state index in [0.29, 0.717) is 21.2 Å². The van der Waals surface area contributed by atoms with E-state index in [1.807, 2.05) is 18.2 Å². The van der Waals surface area contributed by atoms with Gasteiger partial charge in [-0.1, -0.05) is 23.7 Å². The molecule has 18 heavy (non-hydrogen) atoms. The standard InChI is InChI=1S/C13H9ClINOS/c14-10-6-5-8(15)7-11(10)16-13(17)9-3-1-2-4-12(9)18/h1-7,18H,(H,16,17). The maximum atomic E-state index is 12.1. The van der Waals surface area contributed by atoms with Gasteiger partial charge in [0.15, 0.2) is 0 Å². The number of carbonyl (C=O) groups excluding carboxylic acids is 1. The second kappa shape index (κ2) is 5.95. The Morgan fingerprint density at radius 2 is 1.94 bits per heavy atom. The summed E-state index contributed by atoms with van der Waals surface area (Å²) in [4.78, 5) is 12.7. The first-order chi connectivity index (χ1) is 8.58. The van der Waals surface area contributed by atoms with Crippen LogP contribution in [0.3, 0.4) is 0 Å². The zero-order valence-electron chi connectivity index (χ0n) is 9.15. The molecule has 0 aliphatic carbocycles. The minimum Gasteiger partial charge on any atom is -0.321 e. The fourth-order valence-electron chi connectivity index (χ4n) is 1.45. The van der Waals surface area contributed by atoms with E-state index >= 15 is 0 Å². The average molecular weight is 390 g/mol. The Morgan fingerprint density at radius 1 is 1.22 bits per heavy atom. The third-order valence-electron chi connectivity index (χ3n) is 2.33. The van der Waals surface area contributed by atoms with E-state index in [-0.39, 0.29) is 5.91 Å². The second-order valence-corrected chi connectivity index (χ2v) is 5.73. The first kappa shape index (κ1) is 13.7. The van der Waals surface area contributed by atoms with Crippen molar-refractivity contribution in [3.63, 3.8) is 0 Å². The minimum atomic E-state index is -0.218. The Balaban J connectivity index is 2.27. The molecule has 0 unspecified atom stereocenters. The van der Waals surface area contributed by atoms with Crippen molar-refractivity contribution in [2.45, 2.75) is 4.90 Å². The van der Waals surface area contributed by atoms with Gasteiger partial charge < -0.3 is 5.32 Å². The minimum absolute atomic E-state index is 0.218. The van der Waals surface area contributed by atoms with Crippen LogP contribution in [0.4, 0.5) is 5.69 Å². The van der Waals surface area contributed by atoms with Crippen LogP contribution in [0.1, 0.15) is 10.4 Å². The van der Waals surface area contributed by atoms with Crippen LogP contribution in [0.5, 0.6) is 0 Å². The molecule has 2 nitrogen and oxygen atoms in total. The maximum absolute atomic E-state index is 12.1. The molecule has 0 aliphatic rings. The monoisotopic (exact) mass is 389 g/mol. The largest absolute Gasteiger partial charge is 0.321 e. The number of rotatable bonds is 2. The van der Waals surface area contributed by atoms with E-state index in [4.69, 9.17) is 11.6 Å². The van der Waals surface area contributed by atoms with Crippen molar-refractivity contribution in [2.24, 2.45) is 0 Å². The van der Waals surface area contributed by atoms with Crippen molar-refractivity contribution < 1.29 is 4.79 Å². The number of amides is 1. The summed E-state index contributed by atoms with van der Waals surface area (Å²) < 4.78 is 1.01. The number of hydrogen-bond donors (Lipinski definition) is 2. The lowest BCUT2D eigenvalue weighted by Crippen LogP contribution is -2.13. The van der Waals surface area contributed by atoms with Crippen molar-refractivity contribution in [3.8, 4) is 0 Å². The molecule has 92 valence electrons. The number of halogens is 2. The molecule has 0 radical (unpaired) electrons. The smallest absolute Gasteiger partial charge is 0.256 e. The highest BCUT2D eigenvalue weighted by Gasteiger charge is 2.11. The Labute approximate surface area is 129 Å². The van der Waals surface area contributed by atoms with Crippen LogP contribution in [-0.4, -0.2) is 5.91 Å². The summed E-state index contributed by atoms with van der Waals surface area (Å²) in [5.74, 6) is -0.218. The summed E-state index contributed by atoms with van der Waals surface area (Å²) in [6, 6.07) is 12.6. The molecular formula is C13H9ClINOS. The van der Waals surface area contributed by atoms with Gasteiger partial charge in [0.2, 0.25) is 0 Å². The Morgan fingerprint density at radius 3 is 2.67 bits per heavy atom. The number of nitrogens with one attached hydrogen (secondary N) is 1. The van der Waals surface area contributed by atoms with Crippen molar-refractivity contribution in [1.29, 1.82) is 0 Å². The fraction of sp³-hybridized carbons (Fsp3) is 0. The molecule has 2 rings (SSSR count). The number of thiol groups is 1. The van der Waals surface area contributed by atoms with Gasteiger partial charge in [0.05, 0.1) is 16.3 Å². The quantitative estimate of drug-likeness (QED) is 0.575. The van der Waals surface area contributed by atoms with Crippen LogP contribution >= 0.6 is 46.8 Å². The fourth-order valence-corrected chi connectivity index (χ4v) is 2.37. The van der Waals surface area contributed by atoms with Crippen LogP contribution in [0, 0.1) is 3.57 Å². The predicted molar refractivity (Wildman–Crippen MR) is 85.8 cm³/mol. The van der Waals surface area contributed by atoms with Gasteiger partial charge in [-0.25, -0.2) is 0 Å². The number of carbonyl (C=O) groups is 1. The first-order valence-electron chi connectivity index (χ1n) is 5.12. The van der Waals surface area contributed by atoms with Crippen LogP contribution in [0.15, 0.2) is 47.4 Å². The van der Waals surface area contributed by atoms with Crippen LogP contribution < -0.4 is 5.32 Å². The summed E-state index contributed by atoms with van der Waals surface area (Å²) in [6.45, 7) is 0. The molecule has 0 bridgehead atoms. The number of hydrogen-bond acceptors (Lipinski definition) is 2. The molecule has 0 atom stereocenters. The summed E-state index contributed by atoms with van der Waals surface area (Å²) in [5.41, 5.74) is 1.13. The molecule has 0 spiro atoms. The van der Waals surface area contributed by atoms with E-state index in [0.717, 1.165) is 3.57 Å². The molecule has 0 saturated carbocycles. The van der Waals surface area contributed by atoms with E-state index in [1.54, 1.807) is 24.3 Å². The highest BCUT2D eigenvalue weighted by molar-refractivity contribution is 14.1. The van der Waals surface area contributed by atoms with Crippen molar-refractivity contribution in [2.75, 3.05) is 5.32 Å². The van der Waals surface area contributed by atoms with Crippen molar-refractivity contribution in [3.05, 3.63) is 56.6 Å². The molecule has 0 aromatic heterocycles. The normalized spacial score (nSPS) is 10.2. The zero-order chi connectivity index (χ0) is 13.1. The molecule has 1 N–H and O–H groups in total. The molecule has 0 fully saturated rings. The highest BCUT2D eigenvalue weighted by atomic mass is 127. The van der Waals surface area contributed by atoms with Gasteiger partial charge in [0.1, 0.15) is 0 Å². The number of benzene rings is 2. The Kier molecular flexibility index (Phi) is 4.53. The lowest BCUT2D eigenvalue weighted by atomic mass is 10.2. The maximum Gasteiger partial charge on any atom is 0.256 e. The summed E-state index contributed by atoms with van der Waals surface area (Å²) in [6.07, 6.45) is 0. The van der Waals surface area contributed by atoms with Crippen molar-refractivity contribution >= 4 is 58.4 Å². The molecule has 0 heterocycles. The van der Waals surface area contributed by atoms with E-state index in [1.165, 1.54) is 0 Å². The molecule has 0 saturated heterocycles. The SMILES string of the molecule is O=C(Nc1cc(I)ccc1Cl)c1ccccc1S. The van der Waals surface area contributed by atoms with E-state index in [2.05, 4.69) is 40.5 Å². The van der Waals surface area contributed by atoms with Gasteiger partial charge in [0.25, 0.3) is 5.91 Å². The molecule has 0 aliphatic heterocycles. The topological polar surface area (TPSA) is 29.1 Å². The molecular weight excluding hydrogens is 381 g/mol. The van der Waals surface area contributed by atoms with Crippen LogP contribution in [0.2, 0.25) is 5.02 Å². The molecule has 2 aromatic rings. The Hall–Kier alpha value is -0.720. The second-order valence-electron chi connectivity index (χ2n) is 3.60. The molecule has 2 aromatic carbocycles. The first-order valence-corrected chi connectivity index (χ1v) is 7.03. The van der Waals surface area contributed by atoms with Gasteiger partial charge >= 0.3 is 0 Å². The zero-order valence-corrected chi connectivity index (χ0v) is 13.0. The van der Waals surface area contributed by atoms with Gasteiger partial charge in [-0.15, -0.1) is 12.6 Å². The number of anilines is 1. The third-order valence-corrected chi connectivity index (χ3v) is 3.72. The predicted octanol–water partition coefficient (Wildman–Crippen LogP) is 4.49. The van der Waals surface area contributed by atoms with Crippen molar-refractivity contribution in [1.82, 2.24) is 0 Å². The van der Waals surface area contributed by atoms with Gasteiger partial charge in [-0.3, -0.25) is 4.79 Å². The molecule has 1 amide bonds. The van der Waals surface area contributed by atoms with Crippen LogP contribution in [-0.2, 0) is 0 Å². The molecule has 5 heteroatoms. The summed E-state index contributed by atoms with van der Waals surface area (Å²) >= 11 is 12.5. The van der Waals surface area contributed by atoms with Gasteiger partial charge in [-0.05, 0) is 52.9 Å². The lowest BCUT2D eigenvalue weighted by Gasteiger charge is -2.09. The Bertz CT molecular complexity index is 603.